The van der Waals surface area contributed by atoms with Gasteiger partial charge in [0.1, 0.15) is 23.9 Å². The maximum absolute atomic E-state index is 12.8. The highest BCUT2D eigenvalue weighted by Crippen LogP contribution is 2.11. The average molecular weight is 526 g/mol. The molecule has 1 aromatic rings. The van der Waals surface area contributed by atoms with E-state index < -0.39 is 66.4 Å². The number of rotatable bonds is 16. The second-order valence-corrected chi connectivity index (χ2v) is 8.55. The molecule has 0 aliphatic heterocycles. The Bertz CT molecular complexity index is 939. The molecule has 0 aliphatic rings. The number of phenolic OH excluding ortho intramolecular Hbond substituents is 1. The summed E-state index contributed by atoms with van der Waals surface area (Å²) in [4.78, 5) is 60.8. The Balaban J connectivity index is 2.91. The highest BCUT2D eigenvalue weighted by Gasteiger charge is 2.33. The summed E-state index contributed by atoms with van der Waals surface area (Å²) in [5.41, 5.74) is 11.9. The van der Waals surface area contributed by atoms with Gasteiger partial charge in [-0.2, -0.15) is 0 Å². The lowest BCUT2D eigenvalue weighted by molar-refractivity contribution is -0.144. The van der Waals surface area contributed by atoms with Crippen LogP contribution in [0.15, 0.2) is 24.3 Å². The first-order valence-corrected chi connectivity index (χ1v) is 11.6. The molecule has 0 spiro atoms. The number of carboxylic acids is 2. The van der Waals surface area contributed by atoms with Crippen molar-refractivity contribution in [3.63, 3.8) is 0 Å². The molecule has 1 rings (SSSR count). The van der Waals surface area contributed by atoms with E-state index in [2.05, 4.69) is 16.0 Å². The molecule has 37 heavy (non-hydrogen) atoms. The van der Waals surface area contributed by atoms with Gasteiger partial charge < -0.3 is 47.8 Å². The van der Waals surface area contributed by atoms with Crippen molar-refractivity contribution in [3.05, 3.63) is 29.8 Å². The minimum absolute atomic E-state index is 0.0157. The molecule has 0 aliphatic carbocycles. The van der Waals surface area contributed by atoms with Crippen LogP contribution in [0.4, 0.5) is 0 Å². The van der Waals surface area contributed by atoms with Crippen molar-refractivity contribution in [1.82, 2.24) is 16.0 Å². The third-order valence-electron chi connectivity index (χ3n) is 5.36. The molecule has 14 heteroatoms. The van der Waals surface area contributed by atoms with Gasteiger partial charge >= 0.3 is 11.9 Å². The minimum atomic E-state index is -1.65. The minimum Gasteiger partial charge on any atom is -0.508 e. The van der Waals surface area contributed by atoms with Gasteiger partial charge in [-0.3, -0.25) is 19.2 Å². The van der Waals surface area contributed by atoms with Crippen molar-refractivity contribution in [3.8, 4) is 5.75 Å². The quantitative estimate of drug-likeness (QED) is 0.104. The zero-order valence-corrected chi connectivity index (χ0v) is 20.4. The molecule has 206 valence electrons. The fourth-order valence-corrected chi connectivity index (χ4v) is 3.31. The van der Waals surface area contributed by atoms with Crippen molar-refractivity contribution in [1.29, 1.82) is 0 Å². The van der Waals surface area contributed by atoms with Gasteiger partial charge in [-0.1, -0.05) is 12.1 Å². The number of carbonyl (C=O) groups is 5. The van der Waals surface area contributed by atoms with E-state index in [1.54, 1.807) is 0 Å². The molecule has 14 nitrogen and oxygen atoms in total. The molecule has 3 amide bonds. The predicted molar refractivity (Wildman–Crippen MR) is 130 cm³/mol. The number of aliphatic hydroxyl groups excluding tert-OH is 1. The molecule has 0 fully saturated rings. The molecule has 0 saturated carbocycles. The normalized spacial score (nSPS) is 14.9. The van der Waals surface area contributed by atoms with Crippen molar-refractivity contribution < 1.29 is 44.4 Å². The Hall–Kier alpha value is -3.75. The first-order chi connectivity index (χ1) is 17.3. The van der Waals surface area contributed by atoms with Crippen LogP contribution in [0.2, 0.25) is 0 Å². The third kappa shape index (κ3) is 11.2. The van der Waals surface area contributed by atoms with Crippen LogP contribution in [0.3, 0.4) is 0 Å². The summed E-state index contributed by atoms with van der Waals surface area (Å²) in [6.07, 6.45) is -1.31. The SMILES string of the molecule is CC(O)C(NC(=O)C(CC(=O)O)NC(=O)C(N)Cc1ccc(O)cc1)C(=O)NC(CCCCN)C(=O)O. The largest absolute Gasteiger partial charge is 0.508 e. The molecule has 5 atom stereocenters. The van der Waals surface area contributed by atoms with Gasteiger partial charge in [-0.05, 0) is 56.8 Å². The Labute approximate surface area is 213 Å². The summed E-state index contributed by atoms with van der Waals surface area (Å²) in [5.74, 6) is -5.69. The van der Waals surface area contributed by atoms with Gasteiger partial charge in [0.25, 0.3) is 0 Å². The Morgan fingerprint density at radius 2 is 1.49 bits per heavy atom. The van der Waals surface area contributed by atoms with Gasteiger partial charge in [-0.25, -0.2) is 4.79 Å². The van der Waals surface area contributed by atoms with Gasteiger partial charge in [0.2, 0.25) is 17.7 Å². The molecule has 0 saturated heterocycles. The summed E-state index contributed by atoms with van der Waals surface area (Å²) in [6.45, 7) is 1.51. The van der Waals surface area contributed by atoms with Crippen LogP contribution in [0.5, 0.6) is 5.75 Å². The summed E-state index contributed by atoms with van der Waals surface area (Å²) < 4.78 is 0. The van der Waals surface area contributed by atoms with Crippen molar-refractivity contribution in [2.45, 2.75) is 69.3 Å². The zero-order valence-electron chi connectivity index (χ0n) is 20.4. The Morgan fingerprint density at radius 3 is 2.00 bits per heavy atom. The highest BCUT2D eigenvalue weighted by molar-refractivity contribution is 5.95. The molecule has 1 aromatic carbocycles. The molecule has 0 aromatic heterocycles. The number of carbonyl (C=O) groups excluding carboxylic acids is 3. The van der Waals surface area contributed by atoms with E-state index in [1.807, 2.05) is 0 Å². The number of amides is 3. The fraction of sp³-hybridized carbons (Fsp3) is 0.522. The van der Waals surface area contributed by atoms with Crippen LogP contribution < -0.4 is 27.4 Å². The van der Waals surface area contributed by atoms with E-state index in [-0.39, 0.29) is 18.6 Å². The molecular formula is C23H35N5O9. The van der Waals surface area contributed by atoms with Gasteiger partial charge in [0.05, 0.1) is 18.6 Å². The number of hydrogen-bond donors (Lipinski definition) is 9. The van der Waals surface area contributed by atoms with Crippen molar-refractivity contribution in [2.24, 2.45) is 11.5 Å². The van der Waals surface area contributed by atoms with Crippen LogP contribution >= 0.6 is 0 Å². The number of benzene rings is 1. The monoisotopic (exact) mass is 525 g/mol. The number of nitrogens with one attached hydrogen (secondary N) is 3. The molecular weight excluding hydrogens is 490 g/mol. The number of aromatic hydroxyl groups is 1. The Morgan fingerprint density at radius 1 is 0.892 bits per heavy atom. The second kappa shape index (κ2) is 15.4. The van der Waals surface area contributed by atoms with E-state index in [0.717, 1.165) is 0 Å². The van der Waals surface area contributed by atoms with Gasteiger partial charge in [0, 0.05) is 0 Å². The first-order valence-electron chi connectivity index (χ1n) is 11.6. The number of hydrogen-bond acceptors (Lipinski definition) is 9. The molecule has 0 bridgehead atoms. The van der Waals surface area contributed by atoms with Crippen LogP contribution in [0.25, 0.3) is 0 Å². The van der Waals surface area contributed by atoms with Crippen LogP contribution in [-0.4, -0.2) is 86.9 Å². The van der Waals surface area contributed by atoms with Crippen LogP contribution in [-0.2, 0) is 30.4 Å². The second-order valence-electron chi connectivity index (χ2n) is 8.55. The summed E-state index contributed by atoms with van der Waals surface area (Å²) in [5, 5.41) is 44.6. The maximum atomic E-state index is 12.8. The molecule has 0 radical (unpaired) electrons. The average Bonchev–Trinajstić information content (AvgIpc) is 2.81. The number of phenols is 1. The predicted octanol–water partition coefficient (Wildman–Crippen LogP) is -2.21. The maximum Gasteiger partial charge on any atom is 0.326 e. The topological polar surface area (TPSA) is 254 Å². The lowest BCUT2D eigenvalue weighted by Gasteiger charge is -2.26. The van der Waals surface area contributed by atoms with Crippen LogP contribution in [0.1, 0.15) is 38.2 Å². The molecule has 0 heterocycles. The summed E-state index contributed by atoms with van der Waals surface area (Å²) in [6, 6.07) is 0.113. The fourth-order valence-electron chi connectivity index (χ4n) is 3.31. The molecule has 11 N–H and O–H groups in total. The summed E-state index contributed by atoms with van der Waals surface area (Å²) >= 11 is 0. The number of aliphatic hydroxyl groups is 1. The third-order valence-corrected chi connectivity index (χ3v) is 5.36. The highest BCUT2D eigenvalue weighted by atomic mass is 16.4. The van der Waals surface area contributed by atoms with Crippen molar-refractivity contribution >= 4 is 29.7 Å². The van der Waals surface area contributed by atoms with Crippen LogP contribution in [0, 0.1) is 0 Å². The van der Waals surface area contributed by atoms with E-state index in [0.29, 0.717) is 24.9 Å². The first kappa shape index (κ1) is 31.3. The number of nitrogens with two attached hydrogens (primary N) is 2. The number of carboxylic acid groups (broad SMARTS) is 2. The Kier molecular flexibility index (Phi) is 13.0. The smallest absolute Gasteiger partial charge is 0.326 e. The number of unbranched alkanes of at least 4 members (excludes halogenated alkanes) is 1. The van der Waals surface area contributed by atoms with E-state index in [4.69, 9.17) is 11.5 Å². The van der Waals surface area contributed by atoms with Crippen molar-refractivity contribution in [2.75, 3.05) is 6.54 Å². The van der Waals surface area contributed by atoms with Gasteiger partial charge in [-0.15, -0.1) is 0 Å². The zero-order chi connectivity index (χ0) is 28.1. The lowest BCUT2D eigenvalue weighted by atomic mass is 10.0. The standard InChI is InChI=1S/C23H35N5O9/c1-12(29)19(22(35)26-16(23(36)37)4-2-3-9-24)28-21(34)17(11-18(31)32)27-20(33)15(25)10-13-5-7-14(30)8-6-13/h5-8,12,15-17,19,29-30H,2-4,9-11,24-25H2,1H3,(H,26,35)(H,27,33)(H,28,34)(H,31,32)(H,36,37). The lowest BCUT2D eigenvalue weighted by Crippen LogP contribution is -2.60. The van der Waals surface area contributed by atoms with E-state index in [1.165, 1.54) is 31.2 Å². The molecule has 5 unspecified atom stereocenters. The van der Waals surface area contributed by atoms with E-state index >= 15 is 0 Å². The number of aliphatic carboxylic acids is 2. The van der Waals surface area contributed by atoms with Gasteiger partial charge in [0.15, 0.2) is 0 Å². The summed E-state index contributed by atoms with van der Waals surface area (Å²) in [7, 11) is 0. The van der Waals surface area contributed by atoms with E-state index in [9.17, 15) is 44.4 Å².